The molecule has 0 aromatic rings. The van der Waals surface area contributed by atoms with E-state index >= 15 is 0 Å². The minimum atomic E-state index is 0.304. The van der Waals surface area contributed by atoms with E-state index in [4.69, 9.17) is 18.9 Å². The van der Waals surface area contributed by atoms with Crippen LogP contribution in [0.3, 0.4) is 0 Å². The summed E-state index contributed by atoms with van der Waals surface area (Å²) >= 11 is 1.94. The maximum absolute atomic E-state index is 6.36. The molecule has 0 aromatic heterocycles. The van der Waals surface area contributed by atoms with E-state index < -0.39 is 0 Å². The van der Waals surface area contributed by atoms with Crippen LogP contribution in [0.1, 0.15) is 126 Å². The number of fused-ring (bicyclic) bond motifs is 5. The van der Waals surface area contributed by atoms with Crippen LogP contribution in [0.5, 0.6) is 0 Å². The molecule has 0 spiro atoms. The zero-order chi connectivity index (χ0) is 30.9. The number of hydrogen-bond donors (Lipinski definition) is 0. The lowest BCUT2D eigenvalue weighted by atomic mass is 9.47. The fraction of sp³-hybridized carbons (Fsp3) is 0.947. The molecule has 4 aliphatic carbocycles. The van der Waals surface area contributed by atoms with Crippen LogP contribution in [0, 0.1) is 40.4 Å². The summed E-state index contributed by atoms with van der Waals surface area (Å²) in [6.45, 7) is 21.7. The van der Waals surface area contributed by atoms with Crippen molar-refractivity contribution < 1.29 is 18.9 Å². The molecule has 8 atom stereocenters. The first-order chi connectivity index (χ1) is 20.6. The summed E-state index contributed by atoms with van der Waals surface area (Å²) in [4.78, 5) is 0. The average Bonchev–Trinajstić information content (AvgIpc) is 3.32. The van der Waals surface area contributed by atoms with Crippen molar-refractivity contribution in [1.82, 2.24) is 0 Å². The monoisotopic (exact) mass is 620 g/mol. The Morgan fingerprint density at radius 2 is 1.56 bits per heavy atom. The summed E-state index contributed by atoms with van der Waals surface area (Å²) < 4.78 is 23.8. The van der Waals surface area contributed by atoms with Crippen molar-refractivity contribution in [2.24, 2.45) is 40.4 Å². The van der Waals surface area contributed by atoms with Gasteiger partial charge in [-0.05, 0) is 91.8 Å². The Labute approximate surface area is 270 Å². The van der Waals surface area contributed by atoms with Crippen LogP contribution in [0.2, 0.25) is 0 Å². The third-order valence-electron chi connectivity index (χ3n) is 12.2. The van der Waals surface area contributed by atoms with Crippen LogP contribution in [0.15, 0.2) is 11.6 Å². The molecule has 3 fully saturated rings. The lowest BCUT2D eigenvalue weighted by Gasteiger charge is -2.58. The molecule has 3 saturated carbocycles. The molecule has 7 unspecified atom stereocenters. The van der Waals surface area contributed by atoms with Crippen molar-refractivity contribution in [1.29, 1.82) is 0 Å². The molecule has 5 heteroatoms. The van der Waals surface area contributed by atoms with E-state index in [9.17, 15) is 0 Å². The standard InChI is InChI=1S/C38H68O4S/c1-8-9-10-11-29(2)33-14-15-34-32-13-12-30-28-31(16-18-37(30,6)35(32)17-19-38(33,34)7)42-25-24-40-21-20-39-22-23-41-26-27-43-36(3,4)5/h12,29,31-35H,8-11,13-28H2,1-7H3/t29?,31-,32?,33?,34?,35?,37?,38?/m0/s1. The molecule has 0 radical (unpaired) electrons. The number of thioether (sulfide) groups is 1. The largest absolute Gasteiger partial charge is 0.378 e. The number of allylic oxidation sites excluding steroid dienone is 1. The van der Waals surface area contributed by atoms with E-state index in [0.717, 1.165) is 48.4 Å². The molecule has 4 rings (SSSR count). The number of unbranched alkanes of at least 4 members (excludes halogenated alkanes) is 2. The van der Waals surface area contributed by atoms with Gasteiger partial charge >= 0.3 is 0 Å². The predicted octanol–water partition coefficient (Wildman–Crippen LogP) is 9.75. The minimum absolute atomic E-state index is 0.304. The molecule has 4 aliphatic rings. The molecule has 0 bridgehead atoms. The zero-order valence-corrected chi connectivity index (χ0v) is 30.0. The fourth-order valence-corrected chi connectivity index (χ4v) is 10.7. The highest BCUT2D eigenvalue weighted by Crippen LogP contribution is 2.67. The highest BCUT2D eigenvalue weighted by Gasteiger charge is 2.59. The normalized spacial score (nSPS) is 34.8. The van der Waals surface area contributed by atoms with Gasteiger partial charge < -0.3 is 18.9 Å². The summed E-state index contributed by atoms with van der Waals surface area (Å²) in [6.07, 6.45) is 19.5. The molecular formula is C38H68O4S. The molecule has 0 N–H and O–H groups in total. The van der Waals surface area contributed by atoms with E-state index in [1.807, 2.05) is 11.8 Å². The molecule has 0 aromatic carbocycles. The summed E-state index contributed by atoms with van der Waals surface area (Å²) in [5.41, 5.74) is 2.71. The van der Waals surface area contributed by atoms with Crippen LogP contribution >= 0.6 is 11.8 Å². The second-order valence-electron chi connectivity index (χ2n) is 16.0. The van der Waals surface area contributed by atoms with E-state index in [1.54, 1.807) is 5.57 Å². The Bertz CT molecular complexity index is 853. The molecule has 0 heterocycles. The van der Waals surface area contributed by atoms with Crippen LogP contribution in [-0.4, -0.2) is 62.9 Å². The lowest BCUT2D eigenvalue weighted by Crippen LogP contribution is -2.51. The molecular weight excluding hydrogens is 552 g/mol. The number of ether oxygens (including phenoxy) is 4. The topological polar surface area (TPSA) is 36.9 Å². The van der Waals surface area contributed by atoms with Crippen molar-refractivity contribution in [2.75, 3.05) is 52.0 Å². The van der Waals surface area contributed by atoms with Gasteiger partial charge in [0.2, 0.25) is 0 Å². The van der Waals surface area contributed by atoms with Crippen LogP contribution < -0.4 is 0 Å². The van der Waals surface area contributed by atoms with Crippen LogP contribution in [0.25, 0.3) is 0 Å². The van der Waals surface area contributed by atoms with Crippen molar-refractivity contribution in [3.8, 4) is 0 Å². The Hall–Kier alpha value is -0.0700. The van der Waals surface area contributed by atoms with Gasteiger partial charge in [-0.1, -0.05) is 85.8 Å². The van der Waals surface area contributed by atoms with E-state index in [2.05, 4.69) is 54.5 Å². The summed E-state index contributed by atoms with van der Waals surface area (Å²) in [6, 6.07) is 0. The van der Waals surface area contributed by atoms with Crippen molar-refractivity contribution in [3.63, 3.8) is 0 Å². The Morgan fingerprint density at radius 3 is 2.26 bits per heavy atom. The van der Waals surface area contributed by atoms with E-state index in [0.29, 0.717) is 61.3 Å². The number of rotatable bonds is 18. The van der Waals surface area contributed by atoms with Gasteiger partial charge in [0.15, 0.2) is 0 Å². The highest BCUT2D eigenvalue weighted by atomic mass is 32.2. The third-order valence-corrected chi connectivity index (χ3v) is 13.4. The van der Waals surface area contributed by atoms with E-state index in [-0.39, 0.29) is 0 Å². The maximum atomic E-state index is 6.36. The maximum Gasteiger partial charge on any atom is 0.0704 e. The van der Waals surface area contributed by atoms with Gasteiger partial charge in [0.25, 0.3) is 0 Å². The molecule has 0 saturated heterocycles. The van der Waals surface area contributed by atoms with Gasteiger partial charge in [0.1, 0.15) is 0 Å². The van der Waals surface area contributed by atoms with Gasteiger partial charge in [0, 0.05) is 10.5 Å². The minimum Gasteiger partial charge on any atom is -0.378 e. The quantitative estimate of drug-likeness (QED) is 0.113. The second kappa shape index (κ2) is 16.7. The summed E-state index contributed by atoms with van der Waals surface area (Å²) in [7, 11) is 0. The second-order valence-corrected chi connectivity index (χ2v) is 17.9. The zero-order valence-electron chi connectivity index (χ0n) is 29.2. The van der Waals surface area contributed by atoms with Gasteiger partial charge in [-0.25, -0.2) is 0 Å². The van der Waals surface area contributed by atoms with Crippen LogP contribution in [0.4, 0.5) is 0 Å². The van der Waals surface area contributed by atoms with Crippen LogP contribution in [-0.2, 0) is 18.9 Å². The van der Waals surface area contributed by atoms with Gasteiger partial charge in [-0.15, -0.1) is 0 Å². The Balaban J connectivity index is 1.12. The molecule has 4 nitrogen and oxygen atoms in total. The Kier molecular flexibility index (Phi) is 13.9. The molecule has 250 valence electrons. The van der Waals surface area contributed by atoms with Crippen molar-refractivity contribution in [2.45, 2.75) is 136 Å². The molecule has 43 heavy (non-hydrogen) atoms. The number of hydrogen-bond acceptors (Lipinski definition) is 5. The average molecular weight is 621 g/mol. The van der Waals surface area contributed by atoms with E-state index in [1.165, 1.54) is 70.6 Å². The summed E-state index contributed by atoms with van der Waals surface area (Å²) in [5, 5.41) is 0. The van der Waals surface area contributed by atoms with Crippen molar-refractivity contribution >= 4 is 11.8 Å². The van der Waals surface area contributed by atoms with Gasteiger partial charge in [-0.3, -0.25) is 0 Å². The predicted molar refractivity (Wildman–Crippen MR) is 183 cm³/mol. The molecule has 0 amide bonds. The van der Waals surface area contributed by atoms with Gasteiger partial charge in [0.05, 0.1) is 52.4 Å². The lowest BCUT2D eigenvalue weighted by molar-refractivity contribution is -0.0691. The Morgan fingerprint density at radius 1 is 0.860 bits per heavy atom. The third kappa shape index (κ3) is 9.49. The fourth-order valence-electron chi connectivity index (χ4n) is 9.88. The first kappa shape index (κ1) is 35.8. The van der Waals surface area contributed by atoms with Crippen molar-refractivity contribution in [3.05, 3.63) is 11.6 Å². The van der Waals surface area contributed by atoms with Gasteiger partial charge in [-0.2, -0.15) is 11.8 Å². The SMILES string of the molecule is CCCCCC(C)C1CCC2C3CC=C4C[C@@H](OCCOCCOCCOCCSC(C)(C)C)CCC4(C)C3CCC12C. The first-order valence-corrected chi connectivity index (χ1v) is 19.3. The molecule has 0 aliphatic heterocycles. The smallest absolute Gasteiger partial charge is 0.0704 e. The first-order valence-electron chi connectivity index (χ1n) is 18.3. The summed E-state index contributed by atoms with van der Waals surface area (Å²) in [5.74, 6) is 5.63. The highest BCUT2D eigenvalue weighted by molar-refractivity contribution is 8.00.